The Morgan fingerprint density at radius 1 is 0.750 bits per heavy atom. The van der Waals surface area contributed by atoms with E-state index < -0.39 is 11.6 Å². The monoisotopic (exact) mass is 274 g/mol. The van der Waals surface area contributed by atoms with Crippen LogP contribution in [-0.4, -0.2) is 0 Å². The van der Waals surface area contributed by atoms with E-state index in [0.717, 1.165) is 11.6 Å². The molecule has 0 fully saturated rings. The van der Waals surface area contributed by atoms with Crippen molar-refractivity contribution in [1.82, 2.24) is 0 Å². The molecule has 2 rings (SSSR count). The van der Waals surface area contributed by atoms with Gasteiger partial charge >= 0.3 is 0 Å². The minimum absolute atomic E-state index is 0.321. The lowest BCUT2D eigenvalue weighted by Crippen LogP contribution is -1.99. The van der Waals surface area contributed by atoms with Gasteiger partial charge < -0.3 is 0 Å². The third-order valence-electron chi connectivity index (χ3n) is 3.57. The molecule has 0 heterocycles. The maximum atomic E-state index is 13.9. The summed E-state index contributed by atoms with van der Waals surface area (Å²) in [6.45, 7) is 8.52. The van der Waals surface area contributed by atoms with Crippen molar-refractivity contribution in [2.24, 2.45) is 0 Å². The number of hydrogen-bond donors (Lipinski definition) is 0. The van der Waals surface area contributed by atoms with Crippen LogP contribution < -0.4 is 0 Å². The van der Waals surface area contributed by atoms with Crippen LogP contribution in [0.1, 0.15) is 50.7 Å². The van der Waals surface area contributed by atoms with Crippen LogP contribution in [0.3, 0.4) is 0 Å². The third kappa shape index (κ3) is 2.90. The van der Waals surface area contributed by atoms with Crippen LogP contribution in [0.4, 0.5) is 8.78 Å². The first-order valence-corrected chi connectivity index (χ1v) is 6.99. The van der Waals surface area contributed by atoms with Gasteiger partial charge in [0.15, 0.2) is 0 Å². The summed E-state index contributed by atoms with van der Waals surface area (Å²) in [7, 11) is 0. The Balaban J connectivity index is 2.59. The fourth-order valence-electron chi connectivity index (χ4n) is 2.49. The Morgan fingerprint density at radius 2 is 1.40 bits per heavy atom. The van der Waals surface area contributed by atoms with Crippen LogP contribution in [0, 0.1) is 11.6 Å². The topological polar surface area (TPSA) is 0 Å². The summed E-state index contributed by atoms with van der Waals surface area (Å²) in [6, 6.07) is 9.46. The van der Waals surface area contributed by atoms with E-state index in [9.17, 15) is 8.78 Å². The summed E-state index contributed by atoms with van der Waals surface area (Å²) in [5.74, 6) is -0.0402. The van der Waals surface area contributed by atoms with E-state index in [1.807, 2.05) is 18.2 Å². The normalized spacial score (nSPS) is 11.4. The molecule has 0 aliphatic carbocycles. The Labute approximate surface area is 119 Å². The second-order valence-corrected chi connectivity index (χ2v) is 5.78. The maximum Gasteiger partial charge on any atom is 0.131 e. The highest BCUT2D eigenvalue weighted by atomic mass is 19.1. The molecule has 0 unspecified atom stereocenters. The van der Waals surface area contributed by atoms with Gasteiger partial charge in [0, 0.05) is 5.56 Å². The number of halogens is 2. The molecular formula is C18H20F2. The van der Waals surface area contributed by atoms with Gasteiger partial charge in [0.1, 0.15) is 11.6 Å². The van der Waals surface area contributed by atoms with Crippen molar-refractivity contribution in [3.63, 3.8) is 0 Å². The lowest BCUT2D eigenvalue weighted by molar-refractivity contribution is 0.603. The largest absolute Gasteiger partial charge is 0.207 e. The summed E-state index contributed by atoms with van der Waals surface area (Å²) in [5, 5.41) is 0. The Kier molecular flexibility index (Phi) is 4.22. The highest BCUT2D eigenvalue weighted by Gasteiger charge is 2.13. The van der Waals surface area contributed by atoms with Crippen LogP contribution in [0.5, 0.6) is 0 Å². The highest BCUT2D eigenvalue weighted by molar-refractivity contribution is 5.66. The smallest absolute Gasteiger partial charge is 0.131 e. The first-order valence-electron chi connectivity index (χ1n) is 6.99. The summed E-state index contributed by atoms with van der Waals surface area (Å²) in [6.07, 6.45) is 0. The second kappa shape index (κ2) is 5.74. The molecule has 0 amide bonds. The second-order valence-electron chi connectivity index (χ2n) is 5.78. The van der Waals surface area contributed by atoms with Crippen molar-refractivity contribution >= 4 is 0 Å². The molecule has 0 saturated carbocycles. The van der Waals surface area contributed by atoms with Crippen molar-refractivity contribution in [2.45, 2.75) is 39.5 Å². The van der Waals surface area contributed by atoms with Crippen LogP contribution in [-0.2, 0) is 0 Å². The van der Waals surface area contributed by atoms with Crippen molar-refractivity contribution in [1.29, 1.82) is 0 Å². The lowest BCUT2D eigenvalue weighted by Gasteiger charge is -2.17. The van der Waals surface area contributed by atoms with Gasteiger partial charge in [-0.2, -0.15) is 0 Å². The predicted octanol–water partition coefficient (Wildman–Crippen LogP) is 5.88. The zero-order valence-electron chi connectivity index (χ0n) is 12.4. The maximum absolute atomic E-state index is 13.9. The van der Waals surface area contributed by atoms with Crippen molar-refractivity contribution < 1.29 is 8.78 Å². The van der Waals surface area contributed by atoms with Crippen LogP contribution in [0.2, 0.25) is 0 Å². The highest BCUT2D eigenvalue weighted by Crippen LogP contribution is 2.32. The molecule has 106 valence electrons. The van der Waals surface area contributed by atoms with E-state index in [0.29, 0.717) is 17.4 Å². The van der Waals surface area contributed by atoms with E-state index in [-0.39, 0.29) is 0 Å². The van der Waals surface area contributed by atoms with Crippen LogP contribution in [0.15, 0.2) is 36.4 Å². The Hall–Kier alpha value is -1.70. The van der Waals surface area contributed by atoms with E-state index in [4.69, 9.17) is 0 Å². The molecule has 0 saturated heterocycles. The summed E-state index contributed by atoms with van der Waals surface area (Å²) < 4.78 is 27.2. The minimum Gasteiger partial charge on any atom is -0.207 e. The average molecular weight is 274 g/mol. The number of hydrogen-bond acceptors (Lipinski definition) is 0. The Morgan fingerprint density at radius 3 is 2.00 bits per heavy atom. The first-order chi connectivity index (χ1) is 9.40. The van der Waals surface area contributed by atoms with Crippen molar-refractivity contribution in [3.05, 3.63) is 59.2 Å². The van der Waals surface area contributed by atoms with Crippen LogP contribution >= 0.6 is 0 Å². The molecule has 0 N–H and O–H groups in total. The average Bonchev–Trinajstić information content (AvgIpc) is 2.40. The van der Waals surface area contributed by atoms with E-state index in [1.54, 1.807) is 0 Å². The molecule has 20 heavy (non-hydrogen) atoms. The van der Waals surface area contributed by atoms with Gasteiger partial charge in [-0.15, -0.1) is 0 Å². The van der Waals surface area contributed by atoms with Gasteiger partial charge in [-0.1, -0.05) is 45.9 Å². The van der Waals surface area contributed by atoms with E-state index in [1.165, 1.54) is 23.3 Å². The summed E-state index contributed by atoms with van der Waals surface area (Å²) in [4.78, 5) is 0. The molecule has 2 heteroatoms. The number of rotatable bonds is 3. The number of benzene rings is 2. The van der Waals surface area contributed by atoms with Gasteiger partial charge in [0.2, 0.25) is 0 Å². The molecule has 2 aromatic carbocycles. The summed E-state index contributed by atoms with van der Waals surface area (Å²) in [5.41, 5.74) is 3.51. The van der Waals surface area contributed by atoms with E-state index >= 15 is 0 Å². The molecule has 0 aliphatic heterocycles. The molecule has 2 aromatic rings. The molecule has 0 bridgehead atoms. The van der Waals surface area contributed by atoms with Crippen LogP contribution in [0.25, 0.3) is 11.1 Å². The lowest BCUT2D eigenvalue weighted by atomic mass is 9.88. The summed E-state index contributed by atoms with van der Waals surface area (Å²) >= 11 is 0. The van der Waals surface area contributed by atoms with E-state index in [2.05, 4.69) is 27.7 Å². The van der Waals surface area contributed by atoms with Gasteiger partial charge in [-0.05, 0) is 46.7 Å². The predicted molar refractivity (Wildman–Crippen MR) is 80.0 cm³/mol. The molecule has 0 spiro atoms. The van der Waals surface area contributed by atoms with Gasteiger partial charge in [-0.3, -0.25) is 0 Å². The zero-order chi connectivity index (χ0) is 14.9. The fourth-order valence-corrected chi connectivity index (χ4v) is 2.49. The quantitative estimate of drug-likeness (QED) is 0.655. The standard InChI is InChI=1S/C18H20F2/c1-11(2)15-7-5-13(9-16(15)12(3)4)17-10-14(19)6-8-18(17)20/h5-12H,1-4H3. The van der Waals surface area contributed by atoms with Crippen molar-refractivity contribution in [2.75, 3.05) is 0 Å². The minimum atomic E-state index is -0.416. The molecule has 0 aliphatic rings. The third-order valence-corrected chi connectivity index (χ3v) is 3.57. The van der Waals surface area contributed by atoms with Gasteiger partial charge in [0.25, 0.3) is 0 Å². The first kappa shape index (κ1) is 14.7. The zero-order valence-corrected chi connectivity index (χ0v) is 12.4. The molecule has 0 aromatic heterocycles. The molecule has 0 atom stereocenters. The van der Waals surface area contributed by atoms with Crippen molar-refractivity contribution in [3.8, 4) is 11.1 Å². The fraction of sp³-hybridized carbons (Fsp3) is 0.333. The molecule has 0 nitrogen and oxygen atoms in total. The molecular weight excluding hydrogens is 254 g/mol. The SMILES string of the molecule is CC(C)c1ccc(-c2cc(F)ccc2F)cc1C(C)C. The Bertz CT molecular complexity index is 613. The van der Waals surface area contributed by atoms with Gasteiger partial charge in [0.05, 0.1) is 0 Å². The van der Waals surface area contributed by atoms with Gasteiger partial charge in [-0.25, -0.2) is 8.78 Å². The molecule has 0 radical (unpaired) electrons.